The summed E-state index contributed by atoms with van der Waals surface area (Å²) in [6.45, 7) is 5.12. The number of nitrogens with two attached hydrogens (primary N) is 1. The zero-order valence-corrected chi connectivity index (χ0v) is 10.3. The Bertz CT molecular complexity index is 284. The van der Waals surface area contributed by atoms with Crippen LogP contribution in [0.2, 0.25) is 0 Å². The average molecular weight is 222 g/mol. The third-order valence-electron chi connectivity index (χ3n) is 2.67. The second kappa shape index (κ2) is 7.12. The zero-order valence-electron chi connectivity index (χ0n) is 10.3. The van der Waals surface area contributed by atoms with Crippen LogP contribution in [-0.4, -0.2) is 26.8 Å². The molecule has 0 saturated heterocycles. The molecular formula is C13H22N2O. The Labute approximate surface area is 98.2 Å². The summed E-state index contributed by atoms with van der Waals surface area (Å²) in [4.78, 5) is 2.36. The fourth-order valence-corrected chi connectivity index (χ4v) is 1.70. The molecule has 0 atom stereocenters. The Morgan fingerprint density at radius 2 is 1.88 bits per heavy atom. The third-order valence-corrected chi connectivity index (χ3v) is 2.67. The van der Waals surface area contributed by atoms with Gasteiger partial charge in [0.05, 0.1) is 0 Å². The van der Waals surface area contributed by atoms with Gasteiger partial charge < -0.3 is 15.4 Å². The first-order valence-corrected chi connectivity index (χ1v) is 5.87. The first-order valence-electron chi connectivity index (χ1n) is 5.87. The molecular weight excluding hydrogens is 200 g/mol. The fourth-order valence-electron chi connectivity index (χ4n) is 1.70. The van der Waals surface area contributed by atoms with Gasteiger partial charge in [0.15, 0.2) is 0 Å². The maximum Gasteiger partial charge on any atom is 0.0462 e. The summed E-state index contributed by atoms with van der Waals surface area (Å²) in [5.74, 6) is 0. The topological polar surface area (TPSA) is 38.5 Å². The minimum atomic E-state index is 0.819. The SMILES string of the molecule is CCN(CCCCOC)c1ccc(N)cc1. The van der Waals surface area contributed by atoms with E-state index in [-0.39, 0.29) is 0 Å². The molecule has 0 fully saturated rings. The number of anilines is 2. The number of rotatable bonds is 7. The Balaban J connectivity index is 2.44. The molecule has 1 aromatic carbocycles. The van der Waals surface area contributed by atoms with E-state index in [1.54, 1.807) is 7.11 Å². The van der Waals surface area contributed by atoms with Gasteiger partial charge >= 0.3 is 0 Å². The van der Waals surface area contributed by atoms with Crippen LogP contribution in [-0.2, 0) is 4.74 Å². The molecule has 0 aliphatic heterocycles. The normalized spacial score (nSPS) is 10.4. The highest BCUT2D eigenvalue weighted by atomic mass is 16.5. The molecule has 0 radical (unpaired) electrons. The second-order valence-electron chi connectivity index (χ2n) is 3.87. The van der Waals surface area contributed by atoms with E-state index >= 15 is 0 Å². The molecule has 90 valence electrons. The van der Waals surface area contributed by atoms with Crippen LogP contribution in [0.25, 0.3) is 0 Å². The Hall–Kier alpha value is -1.22. The summed E-state index contributed by atoms with van der Waals surface area (Å²) in [6, 6.07) is 8.06. The molecule has 0 unspecified atom stereocenters. The third kappa shape index (κ3) is 4.11. The van der Waals surface area contributed by atoms with Crippen molar-refractivity contribution < 1.29 is 4.74 Å². The Kier molecular flexibility index (Phi) is 5.72. The van der Waals surface area contributed by atoms with Crippen molar-refractivity contribution in [3.63, 3.8) is 0 Å². The highest BCUT2D eigenvalue weighted by molar-refractivity contribution is 5.52. The first kappa shape index (κ1) is 12.8. The molecule has 1 aromatic rings. The number of benzene rings is 1. The van der Waals surface area contributed by atoms with Crippen LogP contribution in [0.4, 0.5) is 11.4 Å². The van der Waals surface area contributed by atoms with Gasteiger partial charge in [0, 0.05) is 38.2 Å². The van der Waals surface area contributed by atoms with E-state index in [0.717, 1.165) is 38.2 Å². The fraction of sp³-hybridized carbons (Fsp3) is 0.538. The van der Waals surface area contributed by atoms with Crippen LogP contribution < -0.4 is 10.6 Å². The molecule has 16 heavy (non-hydrogen) atoms. The lowest BCUT2D eigenvalue weighted by Gasteiger charge is -2.23. The van der Waals surface area contributed by atoms with Gasteiger partial charge in [-0.1, -0.05) is 0 Å². The molecule has 3 heteroatoms. The molecule has 0 aliphatic rings. The van der Waals surface area contributed by atoms with Crippen molar-refractivity contribution in [2.24, 2.45) is 0 Å². The lowest BCUT2D eigenvalue weighted by molar-refractivity contribution is 0.193. The van der Waals surface area contributed by atoms with E-state index < -0.39 is 0 Å². The van der Waals surface area contributed by atoms with Crippen LogP contribution >= 0.6 is 0 Å². The molecule has 2 N–H and O–H groups in total. The summed E-state index contributed by atoms with van der Waals surface area (Å²) in [7, 11) is 1.75. The van der Waals surface area contributed by atoms with Crippen molar-refractivity contribution in [2.75, 3.05) is 37.4 Å². The predicted molar refractivity (Wildman–Crippen MR) is 69.9 cm³/mol. The van der Waals surface area contributed by atoms with Crippen LogP contribution in [0.3, 0.4) is 0 Å². The van der Waals surface area contributed by atoms with Gasteiger partial charge in [-0.2, -0.15) is 0 Å². The lowest BCUT2D eigenvalue weighted by Crippen LogP contribution is -2.24. The summed E-state index contributed by atoms with van der Waals surface area (Å²) in [5, 5.41) is 0. The van der Waals surface area contributed by atoms with Crippen LogP contribution in [0.15, 0.2) is 24.3 Å². The maximum absolute atomic E-state index is 5.67. The van der Waals surface area contributed by atoms with Crippen LogP contribution in [0, 0.1) is 0 Å². The van der Waals surface area contributed by atoms with Crippen molar-refractivity contribution in [1.82, 2.24) is 0 Å². The second-order valence-corrected chi connectivity index (χ2v) is 3.87. The van der Waals surface area contributed by atoms with E-state index in [0.29, 0.717) is 0 Å². The van der Waals surface area contributed by atoms with Crippen LogP contribution in [0.5, 0.6) is 0 Å². The number of nitrogens with zero attached hydrogens (tertiary/aromatic N) is 1. The molecule has 0 amide bonds. The van der Waals surface area contributed by atoms with Gasteiger partial charge in [-0.05, 0) is 44.0 Å². The predicted octanol–water partition coefficient (Wildman–Crippen LogP) is 2.52. The molecule has 3 nitrogen and oxygen atoms in total. The summed E-state index contributed by atoms with van der Waals surface area (Å²) in [5.41, 5.74) is 7.74. The van der Waals surface area contributed by atoms with Crippen molar-refractivity contribution in [3.05, 3.63) is 24.3 Å². The van der Waals surface area contributed by atoms with Gasteiger partial charge in [0.25, 0.3) is 0 Å². The Morgan fingerprint density at radius 1 is 1.19 bits per heavy atom. The van der Waals surface area contributed by atoms with Crippen LogP contribution in [0.1, 0.15) is 19.8 Å². The summed E-state index contributed by atoms with van der Waals surface area (Å²) >= 11 is 0. The quantitative estimate of drug-likeness (QED) is 0.569. The number of ether oxygens (including phenoxy) is 1. The number of hydrogen-bond donors (Lipinski definition) is 1. The monoisotopic (exact) mass is 222 g/mol. The highest BCUT2D eigenvalue weighted by Gasteiger charge is 2.02. The first-order chi connectivity index (χ1) is 7.77. The van der Waals surface area contributed by atoms with E-state index in [1.165, 1.54) is 5.69 Å². The summed E-state index contributed by atoms with van der Waals surface area (Å²) in [6.07, 6.45) is 2.27. The van der Waals surface area contributed by atoms with E-state index in [4.69, 9.17) is 10.5 Å². The van der Waals surface area contributed by atoms with Gasteiger partial charge in [0.1, 0.15) is 0 Å². The number of unbranched alkanes of at least 4 members (excludes halogenated alkanes) is 1. The Morgan fingerprint density at radius 3 is 2.44 bits per heavy atom. The maximum atomic E-state index is 5.67. The molecule has 0 bridgehead atoms. The molecule has 0 heterocycles. The van der Waals surface area contributed by atoms with Gasteiger partial charge in [-0.25, -0.2) is 0 Å². The van der Waals surface area contributed by atoms with Crippen molar-refractivity contribution >= 4 is 11.4 Å². The largest absolute Gasteiger partial charge is 0.399 e. The van der Waals surface area contributed by atoms with Crippen molar-refractivity contribution in [2.45, 2.75) is 19.8 Å². The molecule has 1 rings (SSSR count). The molecule has 0 saturated carbocycles. The number of hydrogen-bond acceptors (Lipinski definition) is 3. The minimum absolute atomic E-state index is 0.819. The number of nitrogen functional groups attached to an aromatic ring is 1. The smallest absolute Gasteiger partial charge is 0.0462 e. The molecule has 0 aromatic heterocycles. The lowest BCUT2D eigenvalue weighted by atomic mass is 10.2. The summed E-state index contributed by atoms with van der Waals surface area (Å²) < 4.78 is 5.04. The van der Waals surface area contributed by atoms with E-state index in [1.807, 2.05) is 12.1 Å². The standard InChI is InChI=1S/C13H22N2O/c1-3-15(10-4-5-11-16-2)13-8-6-12(14)7-9-13/h6-9H,3-5,10-11,14H2,1-2H3. The van der Waals surface area contributed by atoms with E-state index in [2.05, 4.69) is 24.0 Å². The van der Waals surface area contributed by atoms with Gasteiger partial charge in [0.2, 0.25) is 0 Å². The highest BCUT2D eigenvalue weighted by Crippen LogP contribution is 2.16. The molecule has 0 spiro atoms. The number of methoxy groups -OCH3 is 1. The van der Waals surface area contributed by atoms with Gasteiger partial charge in [-0.15, -0.1) is 0 Å². The van der Waals surface area contributed by atoms with Gasteiger partial charge in [-0.3, -0.25) is 0 Å². The molecule has 0 aliphatic carbocycles. The van der Waals surface area contributed by atoms with E-state index in [9.17, 15) is 0 Å². The zero-order chi connectivity index (χ0) is 11.8. The van der Waals surface area contributed by atoms with Crippen molar-refractivity contribution in [1.29, 1.82) is 0 Å². The average Bonchev–Trinajstić information content (AvgIpc) is 2.31. The van der Waals surface area contributed by atoms with Crippen molar-refractivity contribution in [3.8, 4) is 0 Å². The minimum Gasteiger partial charge on any atom is -0.399 e.